The van der Waals surface area contributed by atoms with Crippen LogP contribution in [0.4, 0.5) is 18.9 Å². The van der Waals surface area contributed by atoms with Gasteiger partial charge in [-0.3, -0.25) is 14.9 Å². The van der Waals surface area contributed by atoms with Gasteiger partial charge in [-0.1, -0.05) is 12.1 Å². The topological polar surface area (TPSA) is 116 Å². The standard InChI is InChI=1S/C28H28F3N3O6/c1-32-11-10-26-23-17-13-21(32)27(26,37)9-8-18(25(26)40-24(23)20(35)14-19(17)34(38)39)33(2)22(36)7-6-15-4-3-5-16(12-15)28(29,30)31/h3-7,12,14,18,21,25,35,37H,8-11,13H2,1-2H3/t18-,21+,25-,26-,27+/m0/s1. The fraction of sp³-hybridized carbons (Fsp3) is 0.464. The highest BCUT2D eigenvalue weighted by atomic mass is 19.4. The summed E-state index contributed by atoms with van der Waals surface area (Å²) in [5.74, 6) is -0.745. The van der Waals surface area contributed by atoms with Gasteiger partial charge in [0.15, 0.2) is 11.5 Å². The number of halogens is 3. The number of hydrogen-bond donors (Lipinski definition) is 2. The van der Waals surface area contributed by atoms with Gasteiger partial charge in [-0.15, -0.1) is 0 Å². The van der Waals surface area contributed by atoms with Crippen molar-refractivity contribution in [3.05, 3.63) is 68.8 Å². The van der Waals surface area contributed by atoms with Gasteiger partial charge in [0.25, 0.3) is 5.69 Å². The van der Waals surface area contributed by atoms with Crippen molar-refractivity contribution in [2.75, 3.05) is 20.6 Å². The van der Waals surface area contributed by atoms with E-state index in [9.17, 15) is 38.3 Å². The normalized spacial score (nSPS) is 30.6. The predicted octanol–water partition coefficient (Wildman–Crippen LogP) is 3.64. The van der Waals surface area contributed by atoms with Crippen LogP contribution in [0, 0.1) is 10.1 Å². The summed E-state index contributed by atoms with van der Waals surface area (Å²) in [4.78, 5) is 28.2. The number of phenolic OH excluding ortho intramolecular Hbond substituents is 1. The SMILES string of the molecule is CN1CC[C@]23c4c5c([N+](=O)[O-])cc(O)c4O[C@H]2[C@@H](N(C)C(=O)C=Cc2cccc(C(F)(F)F)c2)CC[C@@]3(O)[C@H]1C5. The molecule has 0 unspecified atom stereocenters. The minimum atomic E-state index is -4.51. The average Bonchev–Trinajstić information content (AvgIpc) is 3.25. The van der Waals surface area contributed by atoms with E-state index < -0.39 is 51.8 Å². The number of amides is 1. The largest absolute Gasteiger partial charge is 0.504 e. The third kappa shape index (κ3) is 3.51. The minimum absolute atomic E-state index is 0.110. The van der Waals surface area contributed by atoms with Crippen molar-refractivity contribution in [2.24, 2.45) is 0 Å². The third-order valence-electron chi connectivity index (χ3n) is 9.48. The summed E-state index contributed by atoms with van der Waals surface area (Å²) in [7, 11) is 3.44. The molecule has 1 saturated heterocycles. The summed E-state index contributed by atoms with van der Waals surface area (Å²) >= 11 is 0. The van der Waals surface area contributed by atoms with Crippen molar-refractivity contribution in [1.29, 1.82) is 0 Å². The van der Waals surface area contributed by atoms with Crippen LogP contribution in [0.5, 0.6) is 11.5 Å². The van der Waals surface area contributed by atoms with Gasteiger partial charge in [-0.25, -0.2) is 0 Å². The lowest BCUT2D eigenvalue weighted by Gasteiger charge is -2.64. The van der Waals surface area contributed by atoms with Crippen molar-refractivity contribution in [3.8, 4) is 11.5 Å². The molecule has 2 aliphatic heterocycles. The number of rotatable bonds is 4. The lowest BCUT2D eigenvalue weighted by atomic mass is 9.48. The highest BCUT2D eigenvalue weighted by Gasteiger charge is 2.74. The monoisotopic (exact) mass is 559 g/mol. The van der Waals surface area contributed by atoms with E-state index in [1.54, 1.807) is 7.05 Å². The summed E-state index contributed by atoms with van der Waals surface area (Å²) in [6, 6.07) is 4.74. The molecule has 2 fully saturated rings. The molecule has 2 aromatic rings. The number of carbonyl (C=O) groups excluding carboxylic acids is 1. The highest BCUT2D eigenvalue weighted by molar-refractivity contribution is 5.92. The molecule has 0 aromatic heterocycles. The number of aromatic hydroxyl groups is 1. The van der Waals surface area contributed by atoms with Crippen LogP contribution in [-0.2, 0) is 22.8 Å². The summed E-state index contributed by atoms with van der Waals surface area (Å²) < 4.78 is 45.7. The second-order valence-corrected chi connectivity index (χ2v) is 11.3. The average molecular weight is 560 g/mol. The number of benzene rings is 2. The molecule has 9 nitrogen and oxygen atoms in total. The van der Waals surface area contributed by atoms with Crippen LogP contribution in [0.2, 0.25) is 0 Å². The molecule has 5 atom stereocenters. The second kappa shape index (κ2) is 8.68. The molecule has 1 saturated carbocycles. The molecular formula is C28H28F3N3O6. The highest BCUT2D eigenvalue weighted by Crippen LogP contribution is 2.66. The zero-order chi connectivity index (χ0) is 28.8. The predicted molar refractivity (Wildman–Crippen MR) is 137 cm³/mol. The Morgan fingerprint density at radius 2 is 2.05 bits per heavy atom. The number of nitrogens with zero attached hydrogens (tertiary/aromatic N) is 3. The van der Waals surface area contributed by atoms with E-state index in [0.717, 1.165) is 18.2 Å². The second-order valence-electron chi connectivity index (χ2n) is 11.3. The molecule has 1 spiro atoms. The van der Waals surface area contributed by atoms with Crippen LogP contribution in [0.15, 0.2) is 36.4 Å². The molecule has 40 heavy (non-hydrogen) atoms. The van der Waals surface area contributed by atoms with Gasteiger partial charge >= 0.3 is 6.18 Å². The van der Waals surface area contributed by atoms with Gasteiger partial charge in [0, 0.05) is 30.3 Å². The number of nitro benzene ring substituents is 1. The molecule has 2 heterocycles. The van der Waals surface area contributed by atoms with Crippen LogP contribution in [0.1, 0.15) is 41.5 Å². The van der Waals surface area contributed by atoms with Crippen LogP contribution >= 0.6 is 0 Å². The van der Waals surface area contributed by atoms with Crippen LogP contribution in [0.3, 0.4) is 0 Å². The summed E-state index contributed by atoms with van der Waals surface area (Å²) in [5.41, 5.74) is -2.33. The quantitative estimate of drug-likeness (QED) is 0.334. The number of piperidine rings is 1. The van der Waals surface area contributed by atoms with E-state index in [2.05, 4.69) is 0 Å². The number of hydrogen-bond acceptors (Lipinski definition) is 7. The Balaban J connectivity index is 1.38. The number of likely N-dealkylation sites (tertiary alicyclic amines) is 1. The summed E-state index contributed by atoms with van der Waals surface area (Å²) in [6.07, 6.45) is -1.51. The Hall–Kier alpha value is -3.64. The third-order valence-corrected chi connectivity index (χ3v) is 9.48. The zero-order valence-electron chi connectivity index (χ0n) is 21.8. The molecule has 2 bridgehead atoms. The first-order chi connectivity index (χ1) is 18.8. The molecule has 2 aliphatic carbocycles. The van der Waals surface area contributed by atoms with Gasteiger partial charge in [-0.2, -0.15) is 13.2 Å². The van der Waals surface area contributed by atoms with E-state index in [1.807, 2.05) is 11.9 Å². The van der Waals surface area contributed by atoms with E-state index >= 15 is 0 Å². The van der Waals surface area contributed by atoms with Crippen LogP contribution < -0.4 is 4.74 Å². The van der Waals surface area contributed by atoms with E-state index in [1.165, 1.54) is 29.2 Å². The molecule has 2 aromatic carbocycles. The van der Waals surface area contributed by atoms with Gasteiger partial charge in [0.2, 0.25) is 5.91 Å². The first kappa shape index (κ1) is 26.6. The number of likely N-dealkylation sites (N-methyl/N-ethyl adjacent to an activating group) is 2. The van der Waals surface area contributed by atoms with Gasteiger partial charge < -0.3 is 24.7 Å². The Labute approximate surface area is 227 Å². The van der Waals surface area contributed by atoms with Crippen molar-refractivity contribution < 1.29 is 37.8 Å². The number of aliphatic hydroxyl groups is 1. The summed E-state index contributed by atoms with van der Waals surface area (Å²) in [6.45, 7) is 0.578. The maximum atomic E-state index is 13.3. The number of alkyl halides is 3. The maximum Gasteiger partial charge on any atom is 0.416 e. The molecular weight excluding hydrogens is 531 g/mol. The van der Waals surface area contributed by atoms with Gasteiger partial charge in [0.1, 0.15) is 6.10 Å². The summed E-state index contributed by atoms with van der Waals surface area (Å²) in [5, 5.41) is 35.1. The maximum absolute atomic E-state index is 13.3. The van der Waals surface area contributed by atoms with Gasteiger partial charge in [0.05, 0.1) is 33.6 Å². The zero-order valence-corrected chi connectivity index (χ0v) is 21.8. The van der Waals surface area contributed by atoms with Crippen molar-refractivity contribution in [3.63, 3.8) is 0 Å². The van der Waals surface area contributed by atoms with E-state index in [-0.39, 0.29) is 29.2 Å². The lowest BCUT2D eigenvalue weighted by molar-refractivity contribution is -0.386. The Morgan fingerprint density at radius 3 is 2.75 bits per heavy atom. The van der Waals surface area contributed by atoms with Crippen molar-refractivity contribution >= 4 is 17.7 Å². The van der Waals surface area contributed by atoms with E-state index in [4.69, 9.17) is 4.74 Å². The first-order valence-electron chi connectivity index (χ1n) is 13.0. The molecule has 6 rings (SSSR count). The van der Waals surface area contributed by atoms with E-state index in [0.29, 0.717) is 36.9 Å². The fourth-order valence-corrected chi connectivity index (χ4v) is 7.62. The molecule has 212 valence electrons. The number of ether oxygens (including phenoxy) is 1. The van der Waals surface area contributed by atoms with Crippen LogP contribution in [0.25, 0.3) is 6.08 Å². The fourth-order valence-electron chi connectivity index (χ4n) is 7.62. The molecule has 12 heteroatoms. The number of nitro groups is 1. The van der Waals surface area contributed by atoms with Crippen molar-refractivity contribution in [2.45, 2.75) is 61.1 Å². The number of phenols is 1. The molecule has 4 aliphatic rings. The smallest absolute Gasteiger partial charge is 0.416 e. The molecule has 0 radical (unpaired) electrons. The van der Waals surface area contributed by atoms with Crippen LogP contribution in [-0.4, -0.2) is 75.3 Å². The Bertz CT molecular complexity index is 1460. The minimum Gasteiger partial charge on any atom is -0.504 e. The van der Waals surface area contributed by atoms with Crippen molar-refractivity contribution in [1.82, 2.24) is 9.80 Å². The number of carbonyl (C=O) groups is 1. The van der Waals surface area contributed by atoms with Gasteiger partial charge in [-0.05, 0) is 63.0 Å². The molecule has 1 amide bonds. The first-order valence-corrected chi connectivity index (χ1v) is 13.0. The Kier molecular flexibility index (Phi) is 5.77. The lowest BCUT2D eigenvalue weighted by Crippen LogP contribution is -2.77. The Morgan fingerprint density at radius 1 is 1.30 bits per heavy atom. The molecule has 2 N–H and O–H groups in total.